The van der Waals surface area contributed by atoms with Crippen molar-refractivity contribution in [2.45, 2.75) is 19.8 Å². The van der Waals surface area contributed by atoms with Crippen LogP contribution in [-0.2, 0) is 14.1 Å². The lowest BCUT2D eigenvalue weighted by Crippen LogP contribution is -2.19. The molecule has 0 bridgehead atoms. The van der Waals surface area contributed by atoms with Crippen LogP contribution in [0.5, 0.6) is 5.88 Å². The average Bonchev–Trinajstić information content (AvgIpc) is 2.41. The second-order valence-corrected chi connectivity index (χ2v) is 3.37. The zero-order chi connectivity index (χ0) is 11.4. The number of azo groups is 1. The first kappa shape index (κ1) is 11.5. The van der Waals surface area contributed by atoms with Crippen molar-refractivity contribution < 1.29 is 5.11 Å². The van der Waals surface area contributed by atoms with Crippen molar-refractivity contribution in [3.63, 3.8) is 0 Å². The molecule has 0 aliphatic carbocycles. The van der Waals surface area contributed by atoms with Gasteiger partial charge in [0.05, 0.1) is 6.54 Å². The number of aromatic nitrogens is 2. The molecule has 0 unspecified atom stereocenters. The van der Waals surface area contributed by atoms with Gasteiger partial charge >= 0.3 is 5.69 Å². The normalized spacial score (nSPS) is 11.4. The summed E-state index contributed by atoms with van der Waals surface area (Å²) in [6, 6.07) is 0. The smallest absolute Gasteiger partial charge is 0.332 e. The van der Waals surface area contributed by atoms with Gasteiger partial charge in [-0.25, -0.2) is 4.79 Å². The molecule has 84 valence electrons. The minimum Gasteiger partial charge on any atom is -0.492 e. The van der Waals surface area contributed by atoms with E-state index < -0.39 is 0 Å². The Morgan fingerprint density at radius 1 is 1.33 bits per heavy atom. The third-order valence-corrected chi connectivity index (χ3v) is 2.19. The molecule has 0 fully saturated rings. The minimum absolute atomic E-state index is 0.150. The highest BCUT2D eigenvalue weighted by Gasteiger charge is 2.13. The van der Waals surface area contributed by atoms with E-state index >= 15 is 0 Å². The van der Waals surface area contributed by atoms with Crippen LogP contribution in [0.2, 0.25) is 0 Å². The van der Waals surface area contributed by atoms with Crippen molar-refractivity contribution in [2.24, 2.45) is 24.3 Å². The molecule has 1 rings (SSSR count). The Bertz CT molecular complexity index is 416. The van der Waals surface area contributed by atoms with Crippen LogP contribution in [0.1, 0.15) is 19.8 Å². The molecule has 0 saturated heterocycles. The maximum atomic E-state index is 11.4. The number of rotatable bonds is 4. The van der Waals surface area contributed by atoms with Gasteiger partial charge < -0.3 is 5.11 Å². The summed E-state index contributed by atoms with van der Waals surface area (Å²) in [5, 5.41) is 17.3. The van der Waals surface area contributed by atoms with E-state index in [1.807, 2.05) is 0 Å². The van der Waals surface area contributed by atoms with Crippen molar-refractivity contribution in [3.05, 3.63) is 10.5 Å². The molecule has 15 heavy (non-hydrogen) atoms. The highest BCUT2D eigenvalue weighted by Crippen LogP contribution is 2.23. The molecular weight excluding hydrogens is 196 g/mol. The maximum Gasteiger partial charge on any atom is 0.332 e. The molecule has 1 N–H and O–H groups in total. The number of unbranched alkanes of at least 4 members (excludes halogenated alkanes) is 1. The summed E-state index contributed by atoms with van der Waals surface area (Å²) in [5.74, 6) is 0.0568. The van der Waals surface area contributed by atoms with Crippen molar-refractivity contribution >= 4 is 5.82 Å². The summed E-state index contributed by atoms with van der Waals surface area (Å²) in [4.78, 5) is 11.4. The quantitative estimate of drug-likeness (QED) is 0.603. The van der Waals surface area contributed by atoms with Crippen LogP contribution in [0.15, 0.2) is 15.0 Å². The first-order chi connectivity index (χ1) is 7.09. The molecule has 0 amide bonds. The third-order valence-electron chi connectivity index (χ3n) is 2.19. The van der Waals surface area contributed by atoms with E-state index in [2.05, 4.69) is 17.2 Å². The van der Waals surface area contributed by atoms with Crippen LogP contribution in [0, 0.1) is 0 Å². The summed E-state index contributed by atoms with van der Waals surface area (Å²) >= 11 is 0. The van der Waals surface area contributed by atoms with E-state index in [4.69, 9.17) is 0 Å². The van der Waals surface area contributed by atoms with Crippen LogP contribution in [0.4, 0.5) is 5.82 Å². The molecule has 1 heterocycles. The first-order valence-corrected chi connectivity index (χ1v) is 4.91. The van der Waals surface area contributed by atoms with Crippen molar-refractivity contribution in [1.29, 1.82) is 0 Å². The van der Waals surface area contributed by atoms with Crippen LogP contribution >= 0.6 is 0 Å². The van der Waals surface area contributed by atoms with E-state index in [0.29, 0.717) is 6.54 Å². The lowest BCUT2D eigenvalue weighted by atomic mass is 10.3. The Morgan fingerprint density at radius 3 is 2.47 bits per heavy atom. The van der Waals surface area contributed by atoms with Crippen LogP contribution in [0.3, 0.4) is 0 Å². The van der Waals surface area contributed by atoms with Gasteiger partial charge in [0.1, 0.15) is 0 Å². The zero-order valence-electron chi connectivity index (χ0n) is 9.27. The van der Waals surface area contributed by atoms with Crippen molar-refractivity contribution in [3.8, 4) is 5.88 Å². The van der Waals surface area contributed by atoms with E-state index in [0.717, 1.165) is 17.4 Å². The molecule has 1 aromatic rings. The fourth-order valence-electron chi connectivity index (χ4n) is 1.16. The number of hydrogen-bond acceptors (Lipinski definition) is 4. The minimum atomic E-state index is -0.308. The summed E-state index contributed by atoms with van der Waals surface area (Å²) in [6.07, 6.45) is 1.99. The zero-order valence-corrected chi connectivity index (χ0v) is 9.27. The summed E-state index contributed by atoms with van der Waals surface area (Å²) < 4.78 is 2.40. The molecule has 6 nitrogen and oxygen atoms in total. The molecule has 0 atom stereocenters. The molecule has 6 heteroatoms. The fraction of sp³-hybridized carbons (Fsp3) is 0.667. The third kappa shape index (κ3) is 2.26. The monoisotopic (exact) mass is 212 g/mol. The SMILES string of the molecule is CCCCN=Nc1c(O)n(C)c(=O)n1C. The van der Waals surface area contributed by atoms with Gasteiger partial charge in [-0.15, -0.1) is 5.11 Å². The first-order valence-electron chi connectivity index (χ1n) is 4.91. The van der Waals surface area contributed by atoms with Crippen molar-refractivity contribution in [1.82, 2.24) is 9.13 Å². The number of hydrogen-bond donors (Lipinski definition) is 1. The molecule has 0 aromatic carbocycles. The summed E-state index contributed by atoms with van der Waals surface area (Å²) in [6.45, 7) is 2.67. The summed E-state index contributed by atoms with van der Waals surface area (Å²) in [5.41, 5.74) is -0.308. The van der Waals surface area contributed by atoms with Gasteiger partial charge in [0.25, 0.3) is 0 Å². The molecule has 0 saturated carbocycles. The Hall–Kier alpha value is -1.59. The second-order valence-electron chi connectivity index (χ2n) is 3.37. The Labute approximate surface area is 87.9 Å². The summed E-state index contributed by atoms with van der Waals surface area (Å²) in [7, 11) is 3.04. The van der Waals surface area contributed by atoms with Gasteiger partial charge in [-0.05, 0) is 6.42 Å². The highest BCUT2D eigenvalue weighted by atomic mass is 16.3. The van der Waals surface area contributed by atoms with Gasteiger partial charge in [-0.2, -0.15) is 5.11 Å². The Kier molecular flexibility index (Phi) is 3.65. The van der Waals surface area contributed by atoms with Crippen molar-refractivity contribution in [2.75, 3.05) is 6.54 Å². The highest BCUT2D eigenvalue weighted by molar-refractivity contribution is 5.39. The fourth-order valence-corrected chi connectivity index (χ4v) is 1.16. The average molecular weight is 212 g/mol. The predicted octanol–water partition coefficient (Wildman–Crippen LogP) is 1.31. The van der Waals surface area contributed by atoms with E-state index in [9.17, 15) is 9.90 Å². The Morgan fingerprint density at radius 2 is 2.00 bits per heavy atom. The van der Waals surface area contributed by atoms with Crippen LogP contribution < -0.4 is 5.69 Å². The van der Waals surface area contributed by atoms with Crippen LogP contribution in [-0.4, -0.2) is 20.8 Å². The molecular formula is C9H16N4O2. The lowest BCUT2D eigenvalue weighted by Gasteiger charge is -1.93. The molecule has 0 aliphatic heterocycles. The molecule has 0 aliphatic rings. The van der Waals surface area contributed by atoms with E-state index in [1.165, 1.54) is 11.6 Å². The molecule has 0 spiro atoms. The Balaban J connectivity index is 2.91. The molecule has 0 radical (unpaired) electrons. The number of imidazole rings is 1. The predicted molar refractivity (Wildman–Crippen MR) is 56.6 cm³/mol. The van der Waals surface area contributed by atoms with Gasteiger partial charge in [0.15, 0.2) is 0 Å². The second kappa shape index (κ2) is 4.77. The topological polar surface area (TPSA) is 71.9 Å². The van der Waals surface area contributed by atoms with Gasteiger partial charge in [0.2, 0.25) is 11.7 Å². The number of nitrogens with zero attached hydrogens (tertiary/aromatic N) is 4. The maximum absolute atomic E-state index is 11.4. The van der Waals surface area contributed by atoms with E-state index in [1.54, 1.807) is 7.05 Å². The van der Waals surface area contributed by atoms with Gasteiger partial charge in [-0.3, -0.25) is 9.13 Å². The largest absolute Gasteiger partial charge is 0.492 e. The molecule has 1 aromatic heterocycles. The van der Waals surface area contributed by atoms with E-state index in [-0.39, 0.29) is 17.4 Å². The lowest BCUT2D eigenvalue weighted by molar-refractivity contribution is 0.430. The standard InChI is InChI=1S/C9H16N4O2/c1-4-5-6-10-11-7-8(14)13(3)9(15)12(7)2/h14H,4-6H2,1-3H3. The van der Waals surface area contributed by atoms with Crippen LogP contribution in [0.25, 0.3) is 0 Å². The van der Waals surface area contributed by atoms with Gasteiger partial charge in [0, 0.05) is 14.1 Å². The van der Waals surface area contributed by atoms with Gasteiger partial charge in [-0.1, -0.05) is 13.3 Å². The number of aromatic hydroxyl groups is 1.